The Morgan fingerprint density at radius 2 is 1.79 bits per heavy atom. The van der Waals surface area contributed by atoms with Gasteiger partial charge in [0, 0.05) is 0 Å². The van der Waals surface area contributed by atoms with E-state index in [1.165, 1.54) is 18.2 Å². The number of methoxy groups -OCH3 is 2. The number of hydrogen-bond donors (Lipinski definition) is 0. The van der Waals surface area contributed by atoms with Crippen molar-refractivity contribution in [3.05, 3.63) is 29.3 Å². The Labute approximate surface area is 84.7 Å². The molecule has 0 fully saturated rings. The third kappa shape index (κ3) is 4.50. The first kappa shape index (κ1) is 12.5. The second-order valence-electron chi connectivity index (χ2n) is 2.81. The van der Waals surface area contributed by atoms with Crippen molar-refractivity contribution in [2.75, 3.05) is 14.2 Å². The highest BCUT2D eigenvalue weighted by molar-refractivity contribution is 5.36. The number of hydrogen-bond acceptors (Lipinski definition) is 3. The van der Waals surface area contributed by atoms with Gasteiger partial charge < -0.3 is 9.47 Å². The van der Waals surface area contributed by atoms with Gasteiger partial charge in [-0.05, 0) is 31.0 Å². The van der Waals surface area contributed by atoms with Crippen LogP contribution in [0.25, 0.3) is 0 Å². The van der Waals surface area contributed by atoms with Gasteiger partial charge in [0.1, 0.15) is 5.75 Å². The van der Waals surface area contributed by atoms with E-state index in [1.807, 2.05) is 13.0 Å². The topological polar surface area (TPSA) is 35.5 Å². The Hall–Kier alpha value is -1.51. The average Bonchev–Trinajstić information content (AvgIpc) is 2.22. The van der Waals surface area contributed by atoms with Gasteiger partial charge in [-0.2, -0.15) is 0 Å². The third-order valence-electron chi connectivity index (χ3n) is 1.66. The Morgan fingerprint density at radius 1 is 1.21 bits per heavy atom. The van der Waals surface area contributed by atoms with Crippen molar-refractivity contribution < 1.29 is 14.3 Å². The maximum absolute atomic E-state index is 8.95. The van der Waals surface area contributed by atoms with Gasteiger partial charge in [-0.3, -0.25) is 4.79 Å². The van der Waals surface area contributed by atoms with Crippen LogP contribution in [0.3, 0.4) is 0 Å². The van der Waals surface area contributed by atoms with E-state index in [-0.39, 0.29) is 0 Å². The van der Waals surface area contributed by atoms with Crippen LogP contribution in [0.5, 0.6) is 5.75 Å². The van der Waals surface area contributed by atoms with Crippen molar-refractivity contribution in [2.24, 2.45) is 0 Å². The molecule has 78 valence electrons. The number of carbonyl (C=O) groups excluding carboxylic acids is 1. The van der Waals surface area contributed by atoms with Crippen molar-refractivity contribution in [3.8, 4) is 5.75 Å². The normalized spacial score (nSPS) is 8.29. The van der Waals surface area contributed by atoms with Crippen LogP contribution in [-0.4, -0.2) is 20.7 Å². The Bertz CT molecular complexity index is 282. The fourth-order valence-electron chi connectivity index (χ4n) is 0.927. The molecule has 0 heterocycles. The molecule has 0 atom stereocenters. The minimum absolute atomic E-state index is 0.375. The quantitative estimate of drug-likeness (QED) is 0.679. The first-order chi connectivity index (χ1) is 6.65. The van der Waals surface area contributed by atoms with E-state index in [9.17, 15) is 0 Å². The largest absolute Gasteiger partial charge is 0.496 e. The van der Waals surface area contributed by atoms with E-state index >= 15 is 0 Å². The minimum atomic E-state index is 0.375. The van der Waals surface area contributed by atoms with Crippen LogP contribution in [-0.2, 0) is 9.53 Å². The van der Waals surface area contributed by atoms with Crippen LogP contribution >= 0.6 is 0 Å². The molecular formula is C11H16O3. The highest BCUT2D eigenvalue weighted by atomic mass is 16.5. The molecule has 0 aliphatic carbocycles. The molecule has 0 unspecified atom stereocenters. The van der Waals surface area contributed by atoms with Gasteiger partial charge in [0.25, 0.3) is 6.47 Å². The summed E-state index contributed by atoms with van der Waals surface area (Å²) in [5.41, 5.74) is 2.43. The second-order valence-corrected chi connectivity index (χ2v) is 2.81. The molecule has 0 saturated heterocycles. The van der Waals surface area contributed by atoms with E-state index in [2.05, 4.69) is 23.8 Å². The molecule has 1 aromatic rings. The Morgan fingerprint density at radius 3 is 2.14 bits per heavy atom. The van der Waals surface area contributed by atoms with E-state index < -0.39 is 0 Å². The summed E-state index contributed by atoms with van der Waals surface area (Å²) in [4.78, 5) is 8.95. The Balaban J connectivity index is 0.000000364. The zero-order chi connectivity index (χ0) is 11.0. The van der Waals surface area contributed by atoms with Gasteiger partial charge in [0.15, 0.2) is 0 Å². The summed E-state index contributed by atoms with van der Waals surface area (Å²) in [6.45, 7) is 4.47. The summed E-state index contributed by atoms with van der Waals surface area (Å²) in [6.07, 6.45) is 0. The second kappa shape index (κ2) is 6.95. The van der Waals surface area contributed by atoms with Crippen LogP contribution in [0.4, 0.5) is 0 Å². The highest BCUT2D eigenvalue weighted by Crippen LogP contribution is 2.17. The van der Waals surface area contributed by atoms with Crippen molar-refractivity contribution in [3.63, 3.8) is 0 Å². The first-order valence-electron chi connectivity index (χ1n) is 4.23. The molecule has 0 aliphatic rings. The predicted octanol–water partition coefficient (Wildman–Crippen LogP) is 2.10. The molecule has 3 heteroatoms. The van der Waals surface area contributed by atoms with Gasteiger partial charge in [-0.25, -0.2) is 0 Å². The number of rotatable bonds is 2. The van der Waals surface area contributed by atoms with E-state index in [4.69, 9.17) is 9.53 Å². The summed E-state index contributed by atoms with van der Waals surface area (Å²) in [5.74, 6) is 0.972. The fraction of sp³-hybridized carbons (Fsp3) is 0.364. The van der Waals surface area contributed by atoms with Crippen LogP contribution in [0.2, 0.25) is 0 Å². The van der Waals surface area contributed by atoms with Crippen LogP contribution in [0, 0.1) is 13.8 Å². The predicted molar refractivity (Wildman–Crippen MR) is 55.5 cm³/mol. The van der Waals surface area contributed by atoms with Crippen molar-refractivity contribution in [2.45, 2.75) is 13.8 Å². The summed E-state index contributed by atoms with van der Waals surface area (Å²) in [6, 6.07) is 6.18. The van der Waals surface area contributed by atoms with Gasteiger partial charge in [-0.15, -0.1) is 0 Å². The maximum Gasteiger partial charge on any atom is 0.292 e. The molecule has 0 N–H and O–H groups in total. The molecular weight excluding hydrogens is 180 g/mol. The van der Waals surface area contributed by atoms with Gasteiger partial charge in [0.2, 0.25) is 0 Å². The SMILES string of the molecule is COC=O.COc1cc(C)ccc1C. The van der Waals surface area contributed by atoms with E-state index in [1.54, 1.807) is 7.11 Å². The molecule has 0 aromatic heterocycles. The zero-order valence-corrected chi connectivity index (χ0v) is 9.03. The molecule has 1 rings (SSSR count). The monoisotopic (exact) mass is 196 g/mol. The van der Waals surface area contributed by atoms with Crippen LogP contribution in [0.15, 0.2) is 18.2 Å². The van der Waals surface area contributed by atoms with Crippen molar-refractivity contribution >= 4 is 6.47 Å². The molecule has 0 spiro atoms. The number of carbonyl (C=O) groups is 1. The van der Waals surface area contributed by atoms with Crippen molar-refractivity contribution in [1.29, 1.82) is 0 Å². The third-order valence-corrected chi connectivity index (χ3v) is 1.66. The highest BCUT2D eigenvalue weighted by Gasteiger charge is 1.94. The molecule has 3 nitrogen and oxygen atoms in total. The lowest BCUT2D eigenvalue weighted by molar-refractivity contribution is -0.126. The van der Waals surface area contributed by atoms with Gasteiger partial charge >= 0.3 is 0 Å². The zero-order valence-electron chi connectivity index (χ0n) is 9.03. The number of ether oxygens (including phenoxy) is 2. The summed E-state index contributed by atoms with van der Waals surface area (Å²) < 4.78 is 8.99. The molecule has 0 aliphatic heterocycles. The lowest BCUT2D eigenvalue weighted by Gasteiger charge is -2.03. The lowest BCUT2D eigenvalue weighted by atomic mass is 10.1. The van der Waals surface area contributed by atoms with Gasteiger partial charge in [0.05, 0.1) is 14.2 Å². The van der Waals surface area contributed by atoms with Gasteiger partial charge in [-0.1, -0.05) is 12.1 Å². The summed E-state index contributed by atoms with van der Waals surface area (Å²) in [5, 5.41) is 0. The smallest absolute Gasteiger partial charge is 0.292 e. The standard InChI is InChI=1S/C9H12O.C2H4O2/c1-7-4-5-8(2)9(6-7)10-3;1-4-2-3/h4-6H,1-3H3;2H,1H3. The molecule has 1 aromatic carbocycles. The fourth-order valence-corrected chi connectivity index (χ4v) is 0.927. The van der Waals surface area contributed by atoms with Crippen LogP contribution in [0.1, 0.15) is 11.1 Å². The molecule has 0 bridgehead atoms. The summed E-state index contributed by atoms with van der Waals surface area (Å²) >= 11 is 0. The number of aryl methyl sites for hydroxylation is 2. The molecule has 0 amide bonds. The van der Waals surface area contributed by atoms with E-state index in [0.29, 0.717) is 6.47 Å². The minimum Gasteiger partial charge on any atom is -0.496 e. The molecule has 0 radical (unpaired) electrons. The molecule has 14 heavy (non-hydrogen) atoms. The average molecular weight is 196 g/mol. The molecule has 0 saturated carbocycles. The summed E-state index contributed by atoms with van der Waals surface area (Å²) in [7, 11) is 3.01. The van der Waals surface area contributed by atoms with E-state index in [0.717, 1.165) is 5.75 Å². The number of benzene rings is 1. The lowest BCUT2D eigenvalue weighted by Crippen LogP contribution is -1.86. The maximum atomic E-state index is 8.95. The Kier molecular flexibility index (Phi) is 6.20. The van der Waals surface area contributed by atoms with Crippen molar-refractivity contribution in [1.82, 2.24) is 0 Å². The van der Waals surface area contributed by atoms with Crippen LogP contribution < -0.4 is 4.74 Å². The first-order valence-corrected chi connectivity index (χ1v) is 4.23.